The van der Waals surface area contributed by atoms with Gasteiger partial charge >= 0.3 is 0 Å². The summed E-state index contributed by atoms with van der Waals surface area (Å²) in [5, 5.41) is 12.8. The Morgan fingerprint density at radius 3 is 2.47 bits per heavy atom. The third-order valence-electron chi connectivity index (χ3n) is 7.92. The lowest BCUT2D eigenvalue weighted by atomic mass is 9.82. The van der Waals surface area contributed by atoms with Crippen LogP contribution in [0.25, 0.3) is 0 Å². The molecule has 0 spiro atoms. The van der Waals surface area contributed by atoms with Gasteiger partial charge < -0.3 is 10.4 Å². The number of hydrogen-bond acceptors (Lipinski definition) is 6. The molecule has 2 aromatic rings. The first-order valence-corrected chi connectivity index (χ1v) is 14.9. The molecule has 2 aliphatic rings. The fourth-order valence-corrected chi connectivity index (χ4v) is 6.49. The molecule has 2 atom stereocenters. The molecule has 0 unspecified atom stereocenters. The highest BCUT2D eigenvalue weighted by Gasteiger charge is 2.33. The second-order valence-corrected chi connectivity index (χ2v) is 12.7. The highest BCUT2D eigenvalue weighted by atomic mass is 32.2. The van der Waals surface area contributed by atoms with Crippen LogP contribution in [-0.2, 0) is 16.4 Å². The Kier molecular flexibility index (Phi) is 8.48. The number of rotatable bonds is 9. The van der Waals surface area contributed by atoms with Gasteiger partial charge in [-0.2, -0.15) is 0 Å². The Balaban J connectivity index is 1.44. The lowest BCUT2D eigenvalue weighted by molar-refractivity contribution is 0.0915. The van der Waals surface area contributed by atoms with Crippen LogP contribution >= 0.6 is 0 Å². The molecule has 1 aliphatic carbocycles. The van der Waals surface area contributed by atoms with Gasteiger partial charge in [0.05, 0.1) is 40.6 Å². The molecule has 4 rings (SSSR count). The van der Waals surface area contributed by atoms with Gasteiger partial charge in [0.1, 0.15) is 0 Å². The van der Waals surface area contributed by atoms with Crippen molar-refractivity contribution in [2.45, 2.75) is 76.4 Å². The summed E-state index contributed by atoms with van der Waals surface area (Å²) in [6.45, 7) is 7.74. The van der Waals surface area contributed by atoms with Gasteiger partial charge in [0.15, 0.2) is 9.84 Å². The van der Waals surface area contributed by atoms with E-state index in [2.05, 4.69) is 24.1 Å². The molecular weight excluding hydrogens is 474 g/mol. The molecule has 196 valence electrons. The van der Waals surface area contributed by atoms with E-state index in [-0.39, 0.29) is 23.2 Å². The molecule has 8 heteroatoms. The number of sulfone groups is 1. The maximum absolute atomic E-state index is 13.1. The van der Waals surface area contributed by atoms with Crippen LogP contribution in [0.1, 0.15) is 92.1 Å². The summed E-state index contributed by atoms with van der Waals surface area (Å²) < 4.78 is 24.1. The number of aromatic nitrogens is 1. The topological polar surface area (TPSA) is 99.6 Å². The standard InChI is InChI=1S/C28H39N3O4S/c1-4-26-27-23(17-31(26)16-20-8-6-19(3)7-9-20)14-22(15-29-27)28(33)30-25(18-32)21-10-12-24(13-11-21)36(34,35)5-2/h10-15,19-20,25-26,32H,4-9,16-18H2,1-3H3,(H,30,33)/t19?,20?,25-,26-/m0/s1. The molecular formula is C28H39N3O4S. The number of hydrogen-bond donors (Lipinski definition) is 2. The second-order valence-electron chi connectivity index (χ2n) is 10.4. The van der Waals surface area contributed by atoms with Crippen molar-refractivity contribution < 1.29 is 18.3 Å². The van der Waals surface area contributed by atoms with Crippen LogP contribution in [0, 0.1) is 11.8 Å². The Bertz CT molecular complexity index is 1160. The Morgan fingerprint density at radius 1 is 1.17 bits per heavy atom. The van der Waals surface area contributed by atoms with E-state index in [1.807, 2.05) is 6.07 Å². The summed E-state index contributed by atoms with van der Waals surface area (Å²) in [6.07, 6.45) is 7.83. The number of nitrogens with one attached hydrogen (secondary N) is 1. The van der Waals surface area contributed by atoms with E-state index in [9.17, 15) is 18.3 Å². The minimum atomic E-state index is -3.30. The number of fused-ring (bicyclic) bond motifs is 1. The van der Waals surface area contributed by atoms with Gasteiger partial charge in [-0.3, -0.25) is 14.7 Å². The van der Waals surface area contributed by atoms with Crippen LogP contribution in [0.2, 0.25) is 0 Å². The number of nitrogens with zero attached hydrogens (tertiary/aromatic N) is 2. The second kappa shape index (κ2) is 11.4. The lowest BCUT2D eigenvalue weighted by Crippen LogP contribution is -2.31. The third-order valence-corrected chi connectivity index (χ3v) is 9.67. The molecule has 0 bridgehead atoms. The van der Waals surface area contributed by atoms with Crippen molar-refractivity contribution in [2.24, 2.45) is 11.8 Å². The fourth-order valence-electron chi connectivity index (χ4n) is 5.61. The molecule has 1 aromatic carbocycles. The van der Waals surface area contributed by atoms with Crippen LogP contribution < -0.4 is 5.32 Å². The summed E-state index contributed by atoms with van der Waals surface area (Å²) in [5.74, 6) is 1.29. The van der Waals surface area contributed by atoms with Gasteiger partial charge in [0.25, 0.3) is 5.91 Å². The molecule has 0 saturated heterocycles. The number of pyridine rings is 1. The smallest absolute Gasteiger partial charge is 0.253 e. The summed E-state index contributed by atoms with van der Waals surface area (Å²) >= 11 is 0. The predicted octanol–water partition coefficient (Wildman–Crippen LogP) is 4.43. The van der Waals surface area contributed by atoms with Crippen molar-refractivity contribution in [2.75, 3.05) is 18.9 Å². The van der Waals surface area contributed by atoms with Gasteiger partial charge in [0.2, 0.25) is 0 Å². The normalized spacial score (nSPS) is 23.3. The number of aliphatic hydroxyl groups excluding tert-OH is 1. The number of benzene rings is 1. The fraction of sp³-hybridized carbons (Fsp3) is 0.571. The van der Waals surface area contributed by atoms with Crippen molar-refractivity contribution >= 4 is 15.7 Å². The average Bonchev–Trinajstić information content (AvgIpc) is 3.24. The zero-order chi connectivity index (χ0) is 25.9. The van der Waals surface area contributed by atoms with Crippen molar-refractivity contribution in [1.82, 2.24) is 15.2 Å². The first kappa shape index (κ1) is 26.8. The minimum absolute atomic E-state index is 0.0218. The molecule has 36 heavy (non-hydrogen) atoms. The molecule has 1 fully saturated rings. The van der Waals surface area contributed by atoms with Gasteiger partial charge in [-0.15, -0.1) is 0 Å². The van der Waals surface area contributed by atoms with E-state index in [0.717, 1.165) is 42.6 Å². The Hall–Kier alpha value is -2.29. The third kappa shape index (κ3) is 5.82. The lowest BCUT2D eigenvalue weighted by Gasteiger charge is -2.32. The van der Waals surface area contributed by atoms with Gasteiger partial charge in [-0.1, -0.05) is 45.7 Å². The van der Waals surface area contributed by atoms with Crippen LogP contribution in [0.4, 0.5) is 0 Å². The van der Waals surface area contributed by atoms with E-state index in [0.29, 0.717) is 17.2 Å². The first-order chi connectivity index (χ1) is 17.2. The summed E-state index contributed by atoms with van der Waals surface area (Å²) in [4.78, 5) is 20.5. The van der Waals surface area contributed by atoms with Crippen molar-refractivity contribution in [3.05, 3.63) is 58.9 Å². The summed E-state index contributed by atoms with van der Waals surface area (Å²) in [5.41, 5.74) is 3.30. The molecule has 7 nitrogen and oxygen atoms in total. The van der Waals surface area contributed by atoms with E-state index < -0.39 is 15.9 Å². The molecule has 1 aromatic heterocycles. The first-order valence-electron chi connectivity index (χ1n) is 13.2. The zero-order valence-electron chi connectivity index (χ0n) is 21.6. The molecule has 2 heterocycles. The molecule has 1 saturated carbocycles. The maximum atomic E-state index is 13.1. The van der Waals surface area contributed by atoms with Gasteiger partial charge in [-0.05, 0) is 60.4 Å². The minimum Gasteiger partial charge on any atom is -0.394 e. The van der Waals surface area contributed by atoms with Crippen LogP contribution in [0.15, 0.2) is 41.4 Å². The molecule has 1 aliphatic heterocycles. The van der Waals surface area contributed by atoms with Crippen LogP contribution in [0.3, 0.4) is 0 Å². The Labute approximate surface area is 215 Å². The van der Waals surface area contributed by atoms with E-state index in [1.54, 1.807) is 25.3 Å². The summed E-state index contributed by atoms with van der Waals surface area (Å²) in [7, 11) is -3.30. The number of aliphatic hydroxyl groups is 1. The highest BCUT2D eigenvalue weighted by molar-refractivity contribution is 7.91. The van der Waals surface area contributed by atoms with E-state index in [1.165, 1.54) is 37.8 Å². The van der Waals surface area contributed by atoms with Crippen LogP contribution in [0.5, 0.6) is 0 Å². The monoisotopic (exact) mass is 513 g/mol. The highest BCUT2D eigenvalue weighted by Crippen LogP contribution is 2.38. The van der Waals surface area contributed by atoms with E-state index in [4.69, 9.17) is 4.98 Å². The van der Waals surface area contributed by atoms with Crippen molar-refractivity contribution in [3.63, 3.8) is 0 Å². The van der Waals surface area contributed by atoms with Crippen LogP contribution in [-0.4, -0.2) is 48.2 Å². The average molecular weight is 514 g/mol. The van der Waals surface area contributed by atoms with Gasteiger partial charge in [0, 0.05) is 19.3 Å². The quantitative estimate of drug-likeness (QED) is 0.515. The van der Waals surface area contributed by atoms with Crippen molar-refractivity contribution in [1.29, 1.82) is 0 Å². The Morgan fingerprint density at radius 2 is 1.86 bits per heavy atom. The predicted molar refractivity (Wildman–Crippen MR) is 140 cm³/mol. The number of carbonyl (C=O) groups is 1. The zero-order valence-corrected chi connectivity index (χ0v) is 22.4. The van der Waals surface area contributed by atoms with E-state index >= 15 is 0 Å². The molecule has 1 amide bonds. The SMILES string of the molecule is CC[C@H]1c2ncc(C(=O)N[C@@H](CO)c3ccc(S(=O)(=O)CC)cc3)cc2CN1CC1CCC(C)CC1. The number of amides is 1. The van der Waals surface area contributed by atoms with Gasteiger partial charge in [-0.25, -0.2) is 8.42 Å². The molecule has 2 N–H and O–H groups in total. The largest absolute Gasteiger partial charge is 0.394 e. The van der Waals surface area contributed by atoms with Crippen molar-refractivity contribution in [3.8, 4) is 0 Å². The number of carbonyl (C=O) groups excluding carboxylic acids is 1. The maximum Gasteiger partial charge on any atom is 0.253 e. The molecule has 0 radical (unpaired) electrons. The summed E-state index contributed by atoms with van der Waals surface area (Å²) in [6, 6.07) is 7.91.